The molecule has 0 saturated heterocycles. The largest absolute Gasteiger partial charge is 0.368 e. The molecule has 0 saturated carbocycles. The topological polar surface area (TPSA) is 116 Å². The fraction of sp³-hybridized carbons (Fsp3) is 0.556. The van der Waals surface area contributed by atoms with Gasteiger partial charge in [0.2, 0.25) is 11.7 Å². The molecule has 0 radical (unpaired) electrons. The number of primary amides is 1. The average molecular weight is 241 g/mol. The number of hydrogen-bond acceptors (Lipinski definition) is 5. The number of carbonyl (C=O) groups excluding carboxylic acids is 1. The van der Waals surface area contributed by atoms with Crippen LogP contribution in [0.4, 0.5) is 11.5 Å². The van der Waals surface area contributed by atoms with Gasteiger partial charge in [-0.2, -0.15) is 5.10 Å². The zero-order chi connectivity index (χ0) is 13.4. The van der Waals surface area contributed by atoms with Gasteiger partial charge in [-0.1, -0.05) is 0 Å². The molecule has 0 aliphatic rings. The summed E-state index contributed by atoms with van der Waals surface area (Å²) in [4.78, 5) is 21.6. The number of carbonyl (C=O) groups is 1. The second-order valence-electron chi connectivity index (χ2n) is 4.28. The van der Waals surface area contributed by atoms with Gasteiger partial charge >= 0.3 is 5.69 Å². The van der Waals surface area contributed by atoms with Crippen LogP contribution in [0.5, 0.6) is 0 Å². The van der Waals surface area contributed by atoms with Crippen LogP contribution in [0.2, 0.25) is 0 Å². The van der Waals surface area contributed by atoms with Gasteiger partial charge < -0.3 is 11.1 Å². The molecule has 1 heterocycles. The Morgan fingerprint density at radius 1 is 1.59 bits per heavy atom. The summed E-state index contributed by atoms with van der Waals surface area (Å²) >= 11 is 0. The molecule has 17 heavy (non-hydrogen) atoms. The summed E-state index contributed by atoms with van der Waals surface area (Å²) in [7, 11) is 1.55. The van der Waals surface area contributed by atoms with E-state index in [1.54, 1.807) is 20.9 Å². The molecule has 3 N–H and O–H groups in total. The van der Waals surface area contributed by atoms with Crippen molar-refractivity contribution in [2.24, 2.45) is 12.8 Å². The molecule has 0 unspecified atom stereocenters. The predicted molar refractivity (Wildman–Crippen MR) is 61.5 cm³/mol. The van der Waals surface area contributed by atoms with Crippen molar-refractivity contribution in [3.63, 3.8) is 0 Å². The van der Waals surface area contributed by atoms with E-state index in [9.17, 15) is 14.9 Å². The molecular formula is C9H15N5O3. The monoisotopic (exact) mass is 241 g/mol. The number of aromatic nitrogens is 2. The highest BCUT2D eigenvalue weighted by Crippen LogP contribution is 2.29. The Bertz CT molecular complexity index is 477. The number of nitro groups is 1. The van der Waals surface area contributed by atoms with Crippen LogP contribution in [0.25, 0.3) is 0 Å². The van der Waals surface area contributed by atoms with Crippen molar-refractivity contribution in [3.05, 3.63) is 15.8 Å². The van der Waals surface area contributed by atoms with Gasteiger partial charge in [-0.3, -0.25) is 14.9 Å². The summed E-state index contributed by atoms with van der Waals surface area (Å²) in [5.74, 6) is -0.443. The number of nitrogens with zero attached hydrogens (tertiary/aromatic N) is 3. The van der Waals surface area contributed by atoms with Crippen LogP contribution in [0.15, 0.2) is 0 Å². The Morgan fingerprint density at radius 3 is 2.53 bits per heavy atom. The molecule has 0 bridgehead atoms. The van der Waals surface area contributed by atoms with Crippen molar-refractivity contribution in [1.82, 2.24) is 9.78 Å². The average Bonchev–Trinajstić information content (AvgIpc) is 2.40. The van der Waals surface area contributed by atoms with E-state index in [2.05, 4.69) is 10.4 Å². The van der Waals surface area contributed by atoms with Gasteiger partial charge in [0, 0.05) is 7.05 Å². The van der Waals surface area contributed by atoms with E-state index < -0.39 is 16.4 Å². The first kappa shape index (κ1) is 12.9. The Morgan fingerprint density at radius 2 is 2.12 bits per heavy atom. The van der Waals surface area contributed by atoms with Crippen LogP contribution >= 0.6 is 0 Å². The number of nitrogens with one attached hydrogen (secondary N) is 1. The van der Waals surface area contributed by atoms with Crippen molar-refractivity contribution in [2.75, 3.05) is 5.32 Å². The van der Waals surface area contributed by atoms with E-state index in [4.69, 9.17) is 5.73 Å². The number of anilines is 1. The summed E-state index contributed by atoms with van der Waals surface area (Å²) in [6.07, 6.45) is 0. The minimum absolute atomic E-state index is 0.151. The molecule has 8 heteroatoms. The fourth-order valence-electron chi connectivity index (χ4n) is 1.36. The lowest BCUT2D eigenvalue weighted by Crippen LogP contribution is -2.45. The molecule has 0 aliphatic carbocycles. The number of rotatable bonds is 4. The molecule has 0 aromatic carbocycles. The lowest BCUT2D eigenvalue weighted by Gasteiger charge is -2.22. The standard InChI is InChI=1S/C9H15N5O3/c1-5-6(14(16)17)7(13(4)12-5)11-9(2,3)8(10)15/h11H,1-4H3,(H2,10,15). The molecule has 0 atom stereocenters. The van der Waals surface area contributed by atoms with Crippen molar-refractivity contribution in [1.29, 1.82) is 0 Å². The number of aryl methyl sites for hydroxylation is 2. The van der Waals surface area contributed by atoms with Gasteiger partial charge in [0.1, 0.15) is 11.2 Å². The van der Waals surface area contributed by atoms with E-state index in [1.165, 1.54) is 11.6 Å². The van der Waals surface area contributed by atoms with Crippen LogP contribution < -0.4 is 11.1 Å². The van der Waals surface area contributed by atoms with Crippen LogP contribution in [0.1, 0.15) is 19.5 Å². The molecule has 1 aromatic heterocycles. The number of hydrogen-bond donors (Lipinski definition) is 2. The van der Waals surface area contributed by atoms with Crippen molar-refractivity contribution in [3.8, 4) is 0 Å². The van der Waals surface area contributed by atoms with Gasteiger partial charge in [0.15, 0.2) is 0 Å². The maximum atomic E-state index is 11.2. The summed E-state index contributed by atoms with van der Waals surface area (Å²) in [5, 5.41) is 17.6. The minimum atomic E-state index is -1.09. The normalized spacial score (nSPS) is 11.3. The van der Waals surface area contributed by atoms with Gasteiger partial charge in [0.25, 0.3) is 0 Å². The highest BCUT2D eigenvalue weighted by atomic mass is 16.6. The Labute approximate surface area is 97.9 Å². The Balaban J connectivity index is 3.23. The maximum absolute atomic E-state index is 11.2. The highest BCUT2D eigenvalue weighted by molar-refractivity contribution is 5.87. The van der Waals surface area contributed by atoms with Crippen molar-refractivity contribution < 1.29 is 9.72 Å². The summed E-state index contributed by atoms with van der Waals surface area (Å²) in [5.41, 5.74) is 4.23. The van der Waals surface area contributed by atoms with E-state index in [-0.39, 0.29) is 17.2 Å². The molecular weight excluding hydrogens is 226 g/mol. The van der Waals surface area contributed by atoms with Crippen molar-refractivity contribution in [2.45, 2.75) is 26.3 Å². The first-order valence-corrected chi connectivity index (χ1v) is 4.93. The summed E-state index contributed by atoms with van der Waals surface area (Å²) in [6, 6.07) is 0. The lowest BCUT2D eigenvalue weighted by atomic mass is 10.1. The van der Waals surface area contributed by atoms with Gasteiger partial charge in [-0.15, -0.1) is 0 Å². The first-order valence-electron chi connectivity index (χ1n) is 4.93. The third-order valence-electron chi connectivity index (χ3n) is 2.42. The molecule has 0 aliphatic heterocycles. The predicted octanol–water partition coefficient (Wildman–Crippen LogP) is 0.313. The summed E-state index contributed by atoms with van der Waals surface area (Å²) in [6.45, 7) is 4.61. The lowest BCUT2D eigenvalue weighted by molar-refractivity contribution is -0.384. The number of amides is 1. The SMILES string of the molecule is Cc1nn(C)c(NC(C)(C)C(N)=O)c1[N+](=O)[O-]. The molecule has 0 spiro atoms. The molecule has 1 amide bonds. The van der Waals surface area contributed by atoms with Gasteiger partial charge in [-0.05, 0) is 20.8 Å². The smallest absolute Gasteiger partial charge is 0.333 e. The van der Waals surface area contributed by atoms with E-state index in [0.29, 0.717) is 0 Å². The zero-order valence-corrected chi connectivity index (χ0v) is 10.1. The van der Waals surface area contributed by atoms with Crippen LogP contribution in [0, 0.1) is 17.0 Å². The van der Waals surface area contributed by atoms with Crippen LogP contribution in [0.3, 0.4) is 0 Å². The van der Waals surface area contributed by atoms with E-state index >= 15 is 0 Å². The maximum Gasteiger partial charge on any atom is 0.333 e. The Hall–Kier alpha value is -2.12. The van der Waals surface area contributed by atoms with E-state index in [0.717, 1.165) is 0 Å². The van der Waals surface area contributed by atoms with Crippen LogP contribution in [-0.2, 0) is 11.8 Å². The second kappa shape index (κ2) is 4.04. The first-order chi connectivity index (χ1) is 7.66. The van der Waals surface area contributed by atoms with E-state index in [1.807, 2.05) is 0 Å². The summed E-state index contributed by atoms with van der Waals surface area (Å²) < 4.78 is 1.32. The third-order valence-corrected chi connectivity index (χ3v) is 2.42. The minimum Gasteiger partial charge on any atom is -0.368 e. The Kier molecular flexibility index (Phi) is 3.08. The second-order valence-corrected chi connectivity index (χ2v) is 4.28. The molecule has 1 rings (SSSR count). The third kappa shape index (κ3) is 2.35. The van der Waals surface area contributed by atoms with Crippen LogP contribution in [-0.4, -0.2) is 26.1 Å². The fourth-order valence-corrected chi connectivity index (χ4v) is 1.36. The molecule has 1 aromatic rings. The quantitative estimate of drug-likeness (QED) is 0.581. The van der Waals surface area contributed by atoms with Gasteiger partial charge in [0.05, 0.1) is 4.92 Å². The zero-order valence-electron chi connectivity index (χ0n) is 10.1. The number of nitrogens with two attached hydrogens (primary N) is 1. The molecule has 0 fully saturated rings. The van der Waals surface area contributed by atoms with Crippen molar-refractivity contribution >= 4 is 17.4 Å². The molecule has 94 valence electrons. The highest BCUT2D eigenvalue weighted by Gasteiger charge is 2.32. The molecule has 8 nitrogen and oxygen atoms in total. The van der Waals surface area contributed by atoms with Gasteiger partial charge in [-0.25, -0.2) is 4.68 Å².